The molecule has 1 spiro atoms. The first kappa shape index (κ1) is 30.3. The zero-order valence-electron chi connectivity index (χ0n) is 24.0. The van der Waals surface area contributed by atoms with E-state index in [0.717, 1.165) is 86.8 Å². The van der Waals surface area contributed by atoms with Gasteiger partial charge in [-0.25, -0.2) is 4.98 Å². The van der Waals surface area contributed by atoms with Crippen LogP contribution in [0, 0.1) is 5.41 Å². The number of para-hydroxylation sites is 1. The molecule has 3 heterocycles. The van der Waals surface area contributed by atoms with Crippen LogP contribution in [0.5, 0.6) is 5.75 Å². The number of amides is 2. The number of fused-ring (bicyclic) bond motifs is 1. The molecule has 2 aliphatic heterocycles. The molecule has 1 saturated heterocycles. The molecular weight excluding hydrogens is 570 g/mol. The monoisotopic (exact) mass is 609 g/mol. The molecule has 0 saturated carbocycles. The molecule has 224 valence electrons. The van der Waals surface area contributed by atoms with Crippen molar-refractivity contribution < 1.29 is 14.3 Å². The molecule has 2 aromatic carbocycles. The van der Waals surface area contributed by atoms with Crippen LogP contribution in [0.3, 0.4) is 0 Å². The molecule has 0 unspecified atom stereocenters. The molecule has 42 heavy (non-hydrogen) atoms. The van der Waals surface area contributed by atoms with Crippen molar-refractivity contribution in [2.45, 2.75) is 51.4 Å². The minimum Gasteiger partial charge on any atom is -0.491 e. The molecule has 10 heteroatoms. The second-order valence-corrected chi connectivity index (χ2v) is 12.5. The number of hydrogen-bond acceptors (Lipinski definition) is 7. The Labute approximate surface area is 257 Å². The number of anilines is 2. The Morgan fingerprint density at radius 3 is 2.71 bits per heavy atom. The summed E-state index contributed by atoms with van der Waals surface area (Å²) in [7, 11) is 0. The largest absolute Gasteiger partial charge is 0.491 e. The third-order valence-corrected chi connectivity index (χ3v) is 9.31. The fourth-order valence-corrected chi connectivity index (χ4v) is 6.65. The number of hydrogen-bond donors (Lipinski definition) is 3. The van der Waals surface area contributed by atoms with E-state index in [1.807, 2.05) is 41.8 Å². The van der Waals surface area contributed by atoms with E-state index in [-0.39, 0.29) is 23.7 Å². The highest BCUT2D eigenvalue weighted by Gasteiger charge is 2.40. The summed E-state index contributed by atoms with van der Waals surface area (Å²) in [6, 6.07) is 15.7. The van der Waals surface area contributed by atoms with Crippen LogP contribution in [0.15, 0.2) is 53.9 Å². The van der Waals surface area contributed by atoms with E-state index in [0.29, 0.717) is 24.7 Å². The van der Waals surface area contributed by atoms with E-state index >= 15 is 0 Å². The predicted octanol–water partition coefficient (Wildman–Crippen LogP) is 5.59. The van der Waals surface area contributed by atoms with Crippen molar-refractivity contribution in [3.63, 3.8) is 0 Å². The zero-order valence-corrected chi connectivity index (χ0v) is 25.6. The van der Waals surface area contributed by atoms with Crippen LogP contribution in [0.2, 0.25) is 5.02 Å². The van der Waals surface area contributed by atoms with Gasteiger partial charge in [-0.05, 0) is 81.1 Å². The maximum Gasteiger partial charge on any atom is 0.226 e. The lowest BCUT2D eigenvalue weighted by Gasteiger charge is -2.41. The van der Waals surface area contributed by atoms with E-state index in [1.54, 1.807) is 0 Å². The molecule has 2 aliphatic rings. The Kier molecular flexibility index (Phi) is 10.7. The number of carbonyl (C=O) groups is 2. The summed E-state index contributed by atoms with van der Waals surface area (Å²) in [6.07, 6.45) is 7.13. The molecule has 0 radical (unpaired) electrons. The molecule has 8 nitrogen and oxygen atoms in total. The Morgan fingerprint density at radius 1 is 1.07 bits per heavy atom. The summed E-state index contributed by atoms with van der Waals surface area (Å²) in [5, 5.41) is 12.8. The molecule has 0 aliphatic carbocycles. The lowest BCUT2D eigenvalue weighted by molar-refractivity contribution is -0.134. The van der Waals surface area contributed by atoms with Gasteiger partial charge in [-0.15, -0.1) is 11.3 Å². The van der Waals surface area contributed by atoms with Crippen LogP contribution >= 0.6 is 22.9 Å². The first-order valence-electron chi connectivity index (χ1n) is 14.9. The first-order chi connectivity index (χ1) is 20.5. The van der Waals surface area contributed by atoms with E-state index in [9.17, 15) is 9.59 Å². The van der Waals surface area contributed by atoms with E-state index in [4.69, 9.17) is 16.3 Å². The summed E-state index contributed by atoms with van der Waals surface area (Å²) >= 11 is 7.42. The van der Waals surface area contributed by atoms with Crippen LogP contribution < -0.4 is 20.7 Å². The smallest absolute Gasteiger partial charge is 0.226 e. The second-order valence-electron chi connectivity index (χ2n) is 11.2. The number of rotatable bonds is 7. The number of aryl methyl sites for hydroxylation is 1. The first-order valence-corrected chi connectivity index (χ1v) is 16.2. The third-order valence-electron chi connectivity index (χ3n) is 8.25. The van der Waals surface area contributed by atoms with Crippen molar-refractivity contribution >= 4 is 45.6 Å². The number of thiazole rings is 1. The van der Waals surface area contributed by atoms with Gasteiger partial charge < -0.3 is 25.6 Å². The predicted molar refractivity (Wildman–Crippen MR) is 169 cm³/mol. The van der Waals surface area contributed by atoms with Gasteiger partial charge in [0.25, 0.3) is 0 Å². The van der Waals surface area contributed by atoms with Gasteiger partial charge in [-0.1, -0.05) is 42.6 Å². The Morgan fingerprint density at radius 2 is 1.88 bits per heavy atom. The summed E-state index contributed by atoms with van der Waals surface area (Å²) < 4.78 is 6.00. The average Bonchev–Trinajstić information content (AvgIpc) is 3.43. The van der Waals surface area contributed by atoms with Crippen molar-refractivity contribution in [2.75, 3.05) is 44.6 Å². The molecule has 2 amide bonds. The van der Waals surface area contributed by atoms with Gasteiger partial charge in [0.2, 0.25) is 11.8 Å². The molecular formula is C32H40ClN5O3S. The number of ether oxygens (including phenoxy) is 1. The normalized spacial score (nSPS) is 18.0. The van der Waals surface area contributed by atoms with Crippen molar-refractivity contribution in [3.8, 4) is 5.75 Å². The fourth-order valence-electron chi connectivity index (χ4n) is 5.80. The summed E-state index contributed by atoms with van der Waals surface area (Å²) in [6.45, 7) is 4.06. The van der Waals surface area contributed by atoms with Crippen LogP contribution in [-0.2, 0) is 22.4 Å². The standard InChI is InChI=1S/C32H40ClN5O3S/c33-25-9-11-26(12-10-25)36-31-37-27(23-42-31)22-29(39)34-16-20-38-18-14-32(15-19-38)13-5-1-2-6-24-7-3-4-8-28(24)41-21-17-35-30(32)40/h3-4,7-12,23H,1-2,5-6,13-22H2,(H,34,39)(H,35,40)(H,36,37). The minimum absolute atomic E-state index is 0.0363. The molecule has 1 fully saturated rings. The van der Waals surface area contributed by atoms with Crippen molar-refractivity contribution in [2.24, 2.45) is 5.41 Å². The van der Waals surface area contributed by atoms with Crippen molar-refractivity contribution in [3.05, 3.63) is 70.2 Å². The Hall–Kier alpha value is -3.14. The highest BCUT2D eigenvalue weighted by Crippen LogP contribution is 2.37. The summed E-state index contributed by atoms with van der Waals surface area (Å²) in [5.74, 6) is 1.06. The van der Waals surface area contributed by atoms with Crippen molar-refractivity contribution in [1.82, 2.24) is 20.5 Å². The van der Waals surface area contributed by atoms with Gasteiger partial charge in [0.1, 0.15) is 12.4 Å². The molecule has 0 bridgehead atoms. The Bertz CT molecular complexity index is 1320. The molecule has 3 N–H and O–H groups in total. The van der Waals surface area contributed by atoms with Gasteiger partial charge >= 0.3 is 0 Å². The second kappa shape index (κ2) is 14.8. The molecule has 0 atom stereocenters. The third kappa shape index (κ3) is 8.46. The lowest BCUT2D eigenvalue weighted by atomic mass is 9.73. The molecule has 5 rings (SSSR count). The zero-order chi connectivity index (χ0) is 29.2. The van der Waals surface area contributed by atoms with Gasteiger partial charge in [-0.2, -0.15) is 0 Å². The number of nitrogens with zero attached hydrogens (tertiary/aromatic N) is 2. The van der Waals surface area contributed by atoms with Gasteiger partial charge in [-0.3, -0.25) is 9.59 Å². The lowest BCUT2D eigenvalue weighted by Crippen LogP contribution is -2.50. The van der Waals surface area contributed by atoms with Crippen LogP contribution in [-0.4, -0.2) is 61.0 Å². The maximum absolute atomic E-state index is 13.4. The van der Waals surface area contributed by atoms with Crippen LogP contribution in [0.4, 0.5) is 10.8 Å². The number of aromatic nitrogens is 1. The SMILES string of the molecule is O=C(Cc1csc(Nc2ccc(Cl)cc2)n1)NCCN1CCC2(CCCCCc3ccccc3OCCNC2=O)CC1. The number of piperidine rings is 1. The van der Waals surface area contributed by atoms with Crippen LogP contribution in [0.1, 0.15) is 49.8 Å². The number of nitrogens with one attached hydrogen (secondary N) is 3. The number of halogens is 1. The van der Waals surface area contributed by atoms with E-state index < -0.39 is 0 Å². The minimum atomic E-state index is -0.316. The quantitative estimate of drug-likeness (QED) is 0.323. The fraction of sp³-hybridized carbons (Fsp3) is 0.469. The van der Waals surface area contributed by atoms with Crippen LogP contribution in [0.25, 0.3) is 0 Å². The van der Waals surface area contributed by atoms with Gasteiger partial charge in [0.05, 0.1) is 24.1 Å². The van der Waals surface area contributed by atoms with Crippen molar-refractivity contribution in [1.29, 1.82) is 0 Å². The number of benzene rings is 2. The van der Waals surface area contributed by atoms with E-state index in [2.05, 4.69) is 38.0 Å². The summed E-state index contributed by atoms with van der Waals surface area (Å²) in [5.41, 5.74) is 2.58. The topological polar surface area (TPSA) is 95.6 Å². The molecule has 1 aromatic heterocycles. The average molecular weight is 610 g/mol. The Balaban J connectivity index is 1.04. The van der Waals surface area contributed by atoms with E-state index in [1.165, 1.54) is 16.9 Å². The highest BCUT2D eigenvalue weighted by molar-refractivity contribution is 7.13. The van der Waals surface area contributed by atoms with Gasteiger partial charge in [0.15, 0.2) is 5.13 Å². The summed E-state index contributed by atoms with van der Waals surface area (Å²) in [4.78, 5) is 32.8. The highest BCUT2D eigenvalue weighted by atomic mass is 35.5. The number of carbonyl (C=O) groups excluding carboxylic acids is 2. The maximum atomic E-state index is 13.4. The molecule has 3 aromatic rings. The van der Waals surface area contributed by atoms with Gasteiger partial charge in [0, 0.05) is 29.2 Å². The number of likely N-dealkylation sites (tertiary alicyclic amines) is 1.